The molecule has 3 heteroatoms. The molecule has 0 fully saturated rings. The van der Waals surface area contributed by atoms with Crippen LogP contribution >= 0.6 is 0 Å². The molecule has 134 valence electrons. The summed E-state index contributed by atoms with van der Waals surface area (Å²) >= 11 is 0. The lowest BCUT2D eigenvalue weighted by atomic mass is 10.0. The number of carbonyl (C=O) groups excluding carboxylic acids is 1. The van der Waals surface area contributed by atoms with Gasteiger partial charge in [0.05, 0.1) is 0 Å². The summed E-state index contributed by atoms with van der Waals surface area (Å²) < 4.78 is 0. The summed E-state index contributed by atoms with van der Waals surface area (Å²) in [6.45, 7) is 0. The topological polar surface area (TPSA) is 54.4 Å². The van der Waals surface area contributed by atoms with Crippen molar-refractivity contribution in [3.8, 4) is 0 Å². The normalized spacial score (nSPS) is 10.7. The number of aryl methyl sites for hydroxylation is 1. The van der Waals surface area contributed by atoms with Crippen LogP contribution < -0.4 is 0 Å². The van der Waals surface area contributed by atoms with E-state index in [4.69, 9.17) is 5.11 Å². The zero-order valence-electron chi connectivity index (χ0n) is 14.8. The van der Waals surface area contributed by atoms with Crippen LogP contribution in [0.1, 0.15) is 82.6 Å². The Morgan fingerprint density at radius 2 is 1.17 bits per heavy atom. The molecule has 0 aliphatic rings. The van der Waals surface area contributed by atoms with Gasteiger partial charge < -0.3 is 5.11 Å². The van der Waals surface area contributed by atoms with E-state index < -0.39 is 5.97 Å². The highest BCUT2D eigenvalue weighted by Gasteiger charge is 2.03. The molecule has 1 rings (SSSR count). The molecule has 0 saturated carbocycles. The Balaban J connectivity index is 1.84. The minimum Gasteiger partial charge on any atom is -0.481 e. The smallest absolute Gasteiger partial charge is 0.303 e. The van der Waals surface area contributed by atoms with Crippen LogP contribution in [0.15, 0.2) is 30.3 Å². The van der Waals surface area contributed by atoms with E-state index in [0.717, 1.165) is 44.9 Å². The van der Waals surface area contributed by atoms with Crippen LogP contribution in [0.5, 0.6) is 0 Å². The van der Waals surface area contributed by atoms with Crippen molar-refractivity contribution in [2.75, 3.05) is 0 Å². The minimum absolute atomic E-state index is 0.304. The van der Waals surface area contributed by atoms with E-state index in [1.807, 2.05) is 18.2 Å². The number of unbranched alkanes of at least 4 members (excludes halogenated alkanes) is 8. The number of hydrogen-bond donors (Lipinski definition) is 1. The van der Waals surface area contributed by atoms with Crippen molar-refractivity contribution >= 4 is 11.8 Å². The van der Waals surface area contributed by atoms with E-state index >= 15 is 0 Å². The second-order valence-electron chi connectivity index (χ2n) is 6.60. The lowest BCUT2D eigenvalue weighted by Gasteiger charge is -2.03. The van der Waals surface area contributed by atoms with E-state index in [-0.39, 0.29) is 0 Å². The highest BCUT2D eigenvalue weighted by atomic mass is 16.4. The van der Waals surface area contributed by atoms with Gasteiger partial charge in [0.1, 0.15) is 5.78 Å². The summed E-state index contributed by atoms with van der Waals surface area (Å²) in [6, 6.07) is 10.2. The van der Waals surface area contributed by atoms with Gasteiger partial charge in [-0.05, 0) is 24.8 Å². The highest BCUT2D eigenvalue weighted by Crippen LogP contribution is 2.12. The molecular formula is C21H32O3. The van der Waals surface area contributed by atoms with Crippen molar-refractivity contribution in [3.63, 3.8) is 0 Å². The number of rotatable bonds is 15. The SMILES string of the molecule is O=C(O)CCCCCCCCCCCC(=O)CCc1ccccc1. The molecule has 0 aromatic heterocycles. The molecular weight excluding hydrogens is 300 g/mol. The standard InChI is InChI=1S/C21H32O3/c22-20(18-17-19-13-9-8-10-14-19)15-11-6-4-2-1-3-5-7-12-16-21(23)24/h8-10,13-14H,1-7,11-12,15-18H2,(H,23,24). The van der Waals surface area contributed by atoms with Gasteiger partial charge in [0.15, 0.2) is 0 Å². The van der Waals surface area contributed by atoms with E-state index in [9.17, 15) is 9.59 Å². The molecule has 0 amide bonds. The fourth-order valence-corrected chi connectivity index (χ4v) is 2.89. The summed E-state index contributed by atoms with van der Waals surface area (Å²) in [5, 5.41) is 8.54. The Labute approximate surface area is 146 Å². The predicted octanol–water partition coefficient (Wildman–Crippen LogP) is 5.56. The number of carboxylic acids is 1. The van der Waals surface area contributed by atoms with Crippen molar-refractivity contribution in [2.24, 2.45) is 0 Å². The molecule has 0 atom stereocenters. The number of carbonyl (C=O) groups is 2. The van der Waals surface area contributed by atoms with Gasteiger partial charge in [0, 0.05) is 19.3 Å². The van der Waals surface area contributed by atoms with Crippen LogP contribution in [0.25, 0.3) is 0 Å². The Morgan fingerprint density at radius 3 is 1.71 bits per heavy atom. The number of carboxylic acid groups (broad SMARTS) is 1. The molecule has 1 aromatic rings. The molecule has 0 aliphatic heterocycles. The quantitative estimate of drug-likeness (QED) is 0.427. The van der Waals surface area contributed by atoms with E-state index in [2.05, 4.69) is 12.1 Å². The van der Waals surface area contributed by atoms with Crippen LogP contribution in [-0.4, -0.2) is 16.9 Å². The summed E-state index contributed by atoms with van der Waals surface area (Å²) in [5.41, 5.74) is 1.24. The van der Waals surface area contributed by atoms with Gasteiger partial charge in [0.25, 0.3) is 0 Å². The fraction of sp³-hybridized carbons (Fsp3) is 0.619. The summed E-state index contributed by atoms with van der Waals surface area (Å²) in [6.07, 6.45) is 12.6. The second kappa shape index (κ2) is 13.8. The summed E-state index contributed by atoms with van der Waals surface area (Å²) in [4.78, 5) is 22.2. The van der Waals surface area contributed by atoms with Gasteiger partial charge in [-0.1, -0.05) is 75.3 Å². The van der Waals surface area contributed by atoms with Gasteiger partial charge in [-0.2, -0.15) is 0 Å². The molecule has 3 nitrogen and oxygen atoms in total. The van der Waals surface area contributed by atoms with E-state index in [1.54, 1.807) is 0 Å². The molecule has 0 spiro atoms. The first-order valence-electron chi connectivity index (χ1n) is 9.46. The fourth-order valence-electron chi connectivity index (χ4n) is 2.89. The summed E-state index contributed by atoms with van der Waals surface area (Å²) in [7, 11) is 0. The largest absolute Gasteiger partial charge is 0.481 e. The van der Waals surface area contributed by atoms with E-state index in [0.29, 0.717) is 18.6 Å². The third-order valence-electron chi connectivity index (χ3n) is 4.38. The second-order valence-corrected chi connectivity index (χ2v) is 6.60. The summed E-state index contributed by atoms with van der Waals surface area (Å²) in [5.74, 6) is -0.300. The zero-order valence-corrected chi connectivity index (χ0v) is 14.8. The molecule has 0 saturated heterocycles. The zero-order chi connectivity index (χ0) is 17.5. The monoisotopic (exact) mass is 332 g/mol. The Morgan fingerprint density at radius 1 is 0.667 bits per heavy atom. The van der Waals surface area contributed by atoms with Crippen molar-refractivity contribution in [1.82, 2.24) is 0 Å². The van der Waals surface area contributed by atoms with Crippen LogP contribution in [0, 0.1) is 0 Å². The number of Topliss-reactive ketones (excluding diaryl/α,β-unsaturated/α-hetero) is 1. The average molecular weight is 332 g/mol. The molecule has 1 N–H and O–H groups in total. The maximum Gasteiger partial charge on any atom is 0.303 e. The molecule has 0 heterocycles. The molecule has 1 aromatic carbocycles. The first kappa shape index (κ1) is 20.4. The maximum absolute atomic E-state index is 11.9. The van der Waals surface area contributed by atoms with Crippen molar-refractivity contribution in [1.29, 1.82) is 0 Å². The molecule has 0 radical (unpaired) electrons. The van der Waals surface area contributed by atoms with Crippen molar-refractivity contribution in [2.45, 2.75) is 83.5 Å². The third kappa shape index (κ3) is 11.9. The van der Waals surface area contributed by atoms with Gasteiger partial charge in [0.2, 0.25) is 0 Å². The third-order valence-corrected chi connectivity index (χ3v) is 4.38. The number of aliphatic carboxylic acids is 1. The molecule has 0 bridgehead atoms. The van der Waals surface area contributed by atoms with Crippen molar-refractivity contribution < 1.29 is 14.7 Å². The minimum atomic E-state index is -0.687. The average Bonchev–Trinajstić information content (AvgIpc) is 2.58. The number of ketones is 1. The van der Waals surface area contributed by atoms with Crippen LogP contribution in [-0.2, 0) is 16.0 Å². The Bertz CT molecular complexity index is 453. The molecule has 24 heavy (non-hydrogen) atoms. The molecule has 0 unspecified atom stereocenters. The first-order valence-corrected chi connectivity index (χ1v) is 9.46. The lowest BCUT2D eigenvalue weighted by molar-refractivity contribution is -0.137. The highest BCUT2D eigenvalue weighted by molar-refractivity contribution is 5.78. The first-order chi connectivity index (χ1) is 11.7. The van der Waals surface area contributed by atoms with Crippen LogP contribution in [0.3, 0.4) is 0 Å². The van der Waals surface area contributed by atoms with Crippen molar-refractivity contribution in [3.05, 3.63) is 35.9 Å². The van der Waals surface area contributed by atoms with Crippen LogP contribution in [0.4, 0.5) is 0 Å². The number of hydrogen-bond acceptors (Lipinski definition) is 2. The lowest BCUT2D eigenvalue weighted by Crippen LogP contribution is -2.00. The Kier molecular flexibility index (Phi) is 11.7. The van der Waals surface area contributed by atoms with Gasteiger partial charge in [-0.15, -0.1) is 0 Å². The van der Waals surface area contributed by atoms with Gasteiger partial charge >= 0.3 is 5.97 Å². The predicted molar refractivity (Wildman–Crippen MR) is 98.2 cm³/mol. The molecule has 0 aliphatic carbocycles. The van der Waals surface area contributed by atoms with Crippen LogP contribution in [0.2, 0.25) is 0 Å². The van der Waals surface area contributed by atoms with Gasteiger partial charge in [-0.25, -0.2) is 0 Å². The van der Waals surface area contributed by atoms with E-state index in [1.165, 1.54) is 31.2 Å². The Hall–Kier alpha value is -1.64. The number of benzene rings is 1. The maximum atomic E-state index is 11.9. The van der Waals surface area contributed by atoms with Gasteiger partial charge in [-0.3, -0.25) is 9.59 Å².